The first-order chi connectivity index (χ1) is 10.1. The van der Waals surface area contributed by atoms with Crippen molar-refractivity contribution in [3.63, 3.8) is 0 Å². The largest absolute Gasteiger partial charge is 0.497 e. The Bertz CT molecular complexity index is 461. The molecule has 1 heterocycles. The maximum absolute atomic E-state index is 11.6. The molecule has 1 amide bonds. The third-order valence-electron chi connectivity index (χ3n) is 3.82. The van der Waals surface area contributed by atoms with Crippen LogP contribution in [-0.2, 0) is 4.74 Å². The molecule has 1 saturated heterocycles. The highest BCUT2D eigenvalue weighted by Gasteiger charge is 2.27. The molecular formula is C16H24N2O3. The van der Waals surface area contributed by atoms with Gasteiger partial charge in [0.25, 0.3) is 0 Å². The van der Waals surface area contributed by atoms with Crippen molar-refractivity contribution in [1.29, 1.82) is 0 Å². The van der Waals surface area contributed by atoms with Crippen LogP contribution in [-0.4, -0.2) is 50.9 Å². The van der Waals surface area contributed by atoms with Crippen molar-refractivity contribution >= 4 is 6.09 Å². The number of nitrogens with zero attached hydrogens (tertiary/aromatic N) is 1. The van der Waals surface area contributed by atoms with Crippen LogP contribution in [0.3, 0.4) is 0 Å². The number of piperidine rings is 1. The average molecular weight is 292 g/mol. The van der Waals surface area contributed by atoms with E-state index in [9.17, 15) is 4.79 Å². The molecule has 1 aromatic rings. The second-order valence-corrected chi connectivity index (χ2v) is 5.49. The Kier molecular flexibility index (Phi) is 5.44. The Hall–Kier alpha value is -1.75. The van der Waals surface area contributed by atoms with E-state index in [-0.39, 0.29) is 12.1 Å². The van der Waals surface area contributed by atoms with Gasteiger partial charge in [-0.2, -0.15) is 0 Å². The van der Waals surface area contributed by atoms with E-state index in [2.05, 4.69) is 29.4 Å². The molecule has 1 aliphatic heterocycles. The Morgan fingerprint density at radius 2 is 2.05 bits per heavy atom. The Morgan fingerprint density at radius 1 is 1.33 bits per heavy atom. The molecule has 0 spiro atoms. The van der Waals surface area contributed by atoms with Crippen LogP contribution in [0.1, 0.15) is 24.8 Å². The van der Waals surface area contributed by atoms with Crippen molar-refractivity contribution in [3.8, 4) is 5.75 Å². The van der Waals surface area contributed by atoms with Gasteiger partial charge in [0, 0.05) is 19.1 Å². The summed E-state index contributed by atoms with van der Waals surface area (Å²) in [6, 6.07) is 8.29. The highest BCUT2D eigenvalue weighted by atomic mass is 16.5. The van der Waals surface area contributed by atoms with Crippen molar-refractivity contribution in [2.45, 2.75) is 25.3 Å². The molecule has 5 heteroatoms. The highest BCUT2D eigenvalue weighted by molar-refractivity contribution is 5.67. The minimum Gasteiger partial charge on any atom is -0.497 e. The fourth-order valence-corrected chi connectivity index (χ4v) is 2.88. The van der Waals surface area contributed by atoms with Gasteiger partial charge in [0.15, 0.2) is 0 Å². The van der Waals surface area contributed by atoms with Crippen LogP contribution in [0.4, 0.5) is 4.79 Å². The number of rotatable bonds is 4. The number of hydrogen-bond donors (Lipinski definition) is 1. The smallest absolute Gasteiger partial charge is 0.407 e. The fourth-order valence-electron chi connectivity index (χ4n) is 2.88. The summed E-state index contributed by atoms with van der Waals surface area (Å²) in [6.45, 7) is 4.06. The molecule has 5 nitrogen and oxygen atoms in total. The molecule has 2 unspecified atom stereocenters. The van der Waals surface area contributed by atoms with Crippen molar-refractivity contribution < 1.29 is 14.3 Å². The van der Waals surface area contributed by atoms with Gasteiger partial charge in [-0.3, -0.25) is 0 Å². The Morgan fingerprint density at radius 3 is 2.67 bits per heavy atom. The molecule has 116 valence electrons. The van der Waals surface area contributed by atoms with Crippen LogP contribution in [0, 0.1) is 0 Å². The molecule has 1 aromatic carbocycles. The van der Waals surface area contributed by atoms with Gasteiger partial charge in [0.2, 0.25) is 0 Å². The number of carbonyl (C=O) groups excluding carboxylic acids is 1. The number of amides is 1. The zero-order valence-corrected chi connectivity index (χ0v) is 13.0. The molecule has 2 rings (SSSR count). The van der Waals surface area contributed by atoms with Crippen LogP contribution in [0.25, 0.3) is 0 Å². The first-order valence-electron chi connectivity index (χ1n) is 7.38. The predicted octanol–water partition coefficient (Wildman–Crippen LogP) is 2.23. The lowest BCUT2D eigenvalue weighted by atomic mass is 9.88. The maximum atomic E-state index is 11.6. The van der Waals surface area contributed by atoms with E-state index in [1.54, 1.807) is 7.11 Å². The van der Waals surface area contributed by atoms with Crippen LogP contribution in [0.5, 0.6) is 5.75 Å². The van der Waals surface area contributed by atoms with E-state index in [0.29, 0.717) is 12.5 Å². The number of carbonyl (C=O) groups is 1. The summed E-state index contributed by atoms with van der Waals surface area (Å²) < 4.78 is 10.2. The summed E-state index contributed by atoms with van der Waals surface area (Å²) in [6.07, 6.45) is 0.599. The molecule has 0 aliphatic carbocycles. The molecule has 1 aliphatic rings. The van der Waals surface area contributed by atoms with Crippen molar-refractivity contribution in [1.82, 2.24) is 10.2 Å². The van der Waals surface area contributed by atoms with E-state index in [1.165, 1.54) is 5.56 Å². The van der Waals surface area contributed by atoms with Gasteiger partial charge in [-0.05, 0) is 44.0 Å². The van der Waals surface area contributed by atoms with Crippen LogP contribution in [0.15, 0.2) is 24.3 Å². The monoisotopic (exact) mass is 292 g/mol. The number of ether oxygens (including phenoxy) is 2. The van der Waals surface area contributed by atoms with Crippen molar-refractivity contribution in [2.75, 3.05) is 33.9 Å². The molecule has 1 fully saturated rings. The van der Waals surface area contributed by atoms with Gasteiger partial charge < -0.3 is 19.7 Å². The number of nitrogens with one attached hydrogen (secondary N) is 1. The van der Waals surface area contributed by atoms with Crippen LogP contribution < -0.4 is 10.1 Å². The van der Waals surface area contributed by atoms with E-state index in [0.717, 1.165) is 25.3 Å². The Balaban J connectivity index is 2.00. The minimum absolute atomic E-state index is 0.120. The van der Waals surface area contributed by atoms with E-state index < -0.39 is 0 Å². The van der Waals surface area contributed by atoms with Crippen molar-refractivity contribution in [2.24, 2.45) is 0 Å². The first-order valence-corrected chi connectivity index (χ1v) is 7.38. The van der Waals surface area contributed by atoms with Gasteiger partial charge in [0.1, 0.15) is 5.75 Å². The number of alkyl carbamates (subject to hydrolysis) is 1. The van der Waals surface area contributed by atoms with E-state index in [1.807, 2.05) is 19.1 Å². The number of likely N-dealkylation sites (N-methyl/N-ethyl adjacent to an activating group) is 1. The normalized spacial score (nSPS) is 22.6. The summed E-state index contributed by atoms with van der Waals surface area (Å²) in [4.78, 5) is 13.8. The van der Waals surface area contributed by atoms with Crippen molar-refractivity contribution in [3.05, 3.63) is 29.8 Å². The topological polar surface area (TPSA) is 50.8 Å². The summed E-state index contributed by atoms with van der Waals surface area (Å²) in [5.41, 5.74) is 1.28. The lowest BCUT2D eigenvalue weighted by Crippen LogP contribution is -2.48. The fraction of sp³-hybridized carbons (Fsp3) is 0.562. The molecular weight excluding hydrogens is 268 g/mol. The third-order valence-corrected chi connectivity index (χ3v) is 3.82. The molecule has 0 aromatic heterocycles. The van der Waals surface area contributed by atoms with Gasteiger partial charge in [0.05, 0.1) is 13.7 Å². The molecule has 2 atom stereocenters. The zero-order valence-electron chi connectivity index (χ0n) is 13.0. The predicted molar refractivity (Wildman–Crippen MR) is 81.8 cm³/mol. The molecule has 0 bridgehead atoms. The third kappa shape index (κ3) is 4.36. The molecule has 0 radical (unpaired) electrons. The molecule has 0 saturated carbocycles. The SMILES string of the molecule is CCOC(=O)NC1CC(c2ccc(OC)cc2)CN(C)C1. The first kappa shape index (κ1) is 15.6. The number of likely N-dealkylation sites (tertiary alicyclic amines) is 1. The lowest BCUT2D eigenvalue weighted by Gasteiger charge is -2.36. The maximum Gasteiger partial charge on any atom is 0.407 e. The van der Waals surface area contributed by atoms with Gasteiger partial charge in [-0.25, -0.2) is 4.79 Å². The second-order valence-electron chi connectivity index (χ2n) is 5.49. The quantitative estimate of drug-likeness (QED) is 0.924. The minimum atomic E-state index is -0.328. The standard InChI is InChI=1S/C16H24N2O3/c1-4-21-16(19)17-14-9-13(10-18(2)11-14)12-5-7-15(20-3)8-6-12/h5-8,13-14H,4,9-11H2,1-3H3,(H,17,19). The van der Waals surface area contributed by atoms with E-state index >= 15 is 0 Å². The zero-order chi connectivity index (χ0) is 15.2. The van der Waals surface area contributed by atoms with Crippen LogP contribution >= 0.6 is 0 Å². The average Bonchev–Trinajstić information content (AvgIpc) is 2.47. The van der Waals surface area contributed by atoms with Crippen LogP contribution in [0.2, 0.25) is 0 Å². The summed E-state index contributed by atoms with van der Waals surface area (Å²) in [5, 5.41) is 2.94. The summed E-state index contributed by atoms with van der Waals surface area (Å²) >= 11 is 0. The summed E-state index contributed by atoms with van der Waals surface area (Å²) in [5.74, 6) is 1.27. The number of hydrogen-bond acceptors (Lipinski definition) is 4. The van der Waals surface area contributed by atoms with Gasteiger partial charge >= 0.3 is 6.09 Å². The van der Waals surface area contributed by atoms with Gasteiger partial charge in [-0.15, -0.1) is 0 Å². The number of benzene rings is 1. The molecule has 1 N–H and O–H groups in total. The second kappa shape index (κ2) is 7.31. The summed E-state index contributed by atoms with van der Waals surface area (Å²) in [7, 11) is 3.75. The lowest BCUT2D eigenvalue weighted by molar-refractivity contribution is 0.135. The molecule has 21 heavy (non-hydrogen) atoms. The van der Waals surface area contributed by atoms with Gasteiger partial charge in [-0.1, -0.05) is 12.1 Å². The number of methoxy groups -OCH3 is 1. The Labute approximate surface area is 126 Å². The highest BCUT2D eigenvalue weighted by Crippen LogP contribution is 2.27. The van der Waals surface area contributed by atoms with E-state index in [4.69, 9.17) is 9.47 Å².